The van der Waals surface area contributed by atoms with Crippen LogP contribution < -0.4 is 35.3 Å². The SMILES string of the molecule is O=c1[nH]c2cc(Br)c(S(=O)[O-])c(Cl)c2o1.[Na+]. The van der Waals surface area contributed by atoms with Crippen molar-refractivity contribution in [3.63, 3.8) is 0 Å². The van der Waals surface area contributed by atoms with Crippen molar-refractivity contribution in [3.8, 4) is 0 Å². The summed E-state index contributed by atoms with van der Waals surface area (Å²) in [5.41, 5.74) is 0.371. The van der Waals surface area contributed by atoms with Gasteiger partial charge in [0.15, 0.2) is 5.58 Å². The molecule has 0 saturated carbocycles. The van der Waals surface area contributed by atoms with E-state index in [1.807, 2.05) is 0 Å². The third-order valence-corrected chi connectivity index (χ3v) is 3.85. The van der Waals surface area contributed by atoms with Gasteiger partial charge in [0.1, 0.15) is 5.02 Å². The first-order valence-electron chi connectivity index (χ1n) is 3.61. The molecule has 9 heteroatoms. The quantitative estimate of drug-likeness (QED) is 0.523. The maximum absolute atomic E-state index is 10.9. The first-order chi connectivity index (χ1) is 7.00. The Balaban J connectivity index is 0.00000128. The Bertz CT molecular complexity index is 625. The number of hydrogen-bond donors (Lipinski definition) is 1. The second-order valence-electron chi connectivity index (χ2n) is 2.63. The van der Waals surface area contributed by atoms with Crippen LogP contribution in [0, 0.1) is 0 Å². The Labute approximate surface area is 127 Å². The number of aromatic nitrogens is 1. The van der Waals surface area contributed by atoms with E-state index in [1.165, 1.54) is 6.07 Å². The van der Waals surface area contributed by atoms with Crippen LogP contribution in [-0.4, -0.2) is 13.7 Å². The number of nitrogens with one attached hydrogen (secondary N) is 1. The smallest absolute Gasteiger partial charge is 0.768 e. The van der Waals surface area contributed by atoms with Crippen LogP contribution in [0.5, 0.6) is 0 Å². The predicted octanol–water partition coefficient (Wildman–Crippen LogP) is -1.22. The van der Waals surface area contributed by atoms with E-state index in [-0.39, 0.29) is 49.5 Å². The average Bonchev–Trinajstić information content (AvgIpc) is 2.45. The van der Waals surface area contributed by atoms with E-state index in [1.54, 1.807) is 0 Å². The van der Waals surface area contributed by atoms with E-state index in [9.17, 15) is 13.6 Å². The fourth-order valence-electron chi connectivity index (χ4n) is 1.16. The molecule has 0 fully saturated rings. The summed E-state index contributed by atoms with van der Waals surface area (Å²) in [6.07, 6.45) is 0. The van der Waals surface area contributed by atoms with Gasteiger partial charge in [-0.05, 0) is 33.1 Å². The number of benzene rings is 1. The summed E-state index contributed by atoms with van der Waals surface area (Å²) in [7, 11) is 0. The Hall–Kier alpha value is 0.370. The molecule has 0 amide bonds. The number of H-pyrrole nitrogens is 1. The van der Waals surface area contributed by atoms with Crippen LogP contribution in [0.15, 0.2) is 24.6 Å². The summed E-state index contributed by atoms with van der Waals surface area (Å²) < 4.78 is 26.7. The van der Waals surface area contributed by atoms with Gasteiger partial charge in [-0.3, -0.25) is 9.19 Å². The molecule has 1 N–H and O–H groups in total. The third kappa shape index (κ3) is 2.45. The van der Waals surface area contributed by atoms with E-state index >= 15 is 0 Å². The normalized spacial score (nSPS) is 12.4. The van der Waals surface area contributed by atoms with Crippen molar-refractivity contribution in [2.24, 2.45) is 0 Å². The molecule has 80 valence electrons. The maximum Gasteiger partial charge on any atom is 1.00 e. The third-order valence-electron chi connectivity index (χ3n) is 1.73. The molecular formula is C7H2BrClNNaO4S. The van der Waals surface area contributed by atoms with Gasteiger partial charge in [-0.1, -0.05) is 11.6 Å². The van der Waals surface area contributed by atoms with Gasteiger partial charge in [0.05, 0.1) is 10.4 Å². The standard InChI is InChI=1S/C7H3BrClNO4S.Na/c8-2-1-3-5(14-7(11)10-3)4(9)6(2)15(12)13;/h1H,(H,10,11)(H,12,13);/q;+1/p-1. The molecule has 0 saturated heterocycles. The van der Waals surface area contributed by atoms with Gasteiger partial charge in [-0.25, -0.2) is 4.79 Å². The van der Waals surface area contributed by atoms with Gasteiger partial charge in [0.2, 0.25) is 0 Å². The topological polar surface area (TPSA) is 86.1 Å². The van der Waals surface area contributed by atoms with Crippen molar-refractivity contribution in [2.45, 2.75) is 4.90 Å². The summed E-state index contributed by atoms with van der Waals surface area (Å²) in [6, 6.07) is 1.41. The van der Waals surface area contributed by atoms with E-state index in [4.69, 9.17) is 16.0 Å². The van der Waals surface area contributed by atoms with Gasteiger partial charge in [-0.15, -0.1) is 0 Å². The minimum atomic E-state index is -2.50. The molecule has 5 nitrogen and oxygen atoms in total. The summed E-state index contributed by atoms with van der Waals surface area (Å²) in [5, 5.41) is -0.119. The minimum Gasteiger partial charge on any atom is -0.768 e. The second-order valence-corrected chi connectivity index (χ2v) is 4.74. The zero-order chi connectivity index (χ0) is 11.2. The Morgan fingerprint density at radius 2 is 2.19 bits per heavy atom. The summed E-state index contributed by atoms with van der Waals surface area (Å²) in [6.45, 7) is 0. The monoisotopic (exact) mass is 333 g/mol. The fourth-order valence-corrected chi connectivity index (χ4v) is 2.98. The first kappa shape index (κ1) is 14.4. The molecular weight excluding hydrogens is 332 g/mol. The molecule has 0 bridgehead atoms. The van der Waals surface area contributed by atoms with Crippen LogP contribution >= 0.6 is 27.5 Å². The molecule has 1 unspecified atom stereocenters. The second kappa shape index (κ2) is 5.34. The molecule has 2 rings (SSSR count). The molecule has 1 aromatic carbocycles. The maximum atomic E-state index is 10.9. The first-order valence-corrected chi connectivity index (χ1v) is 5.85. The molecule has 0 aliphatic rings. The van der Waals surface area contributed by atoms with Crippen LogP contribution in [0.4, 0.5) is 0 Å². The molecule has 1 aromatic heterocycles. The van der Waals surface area contributed by atoms with Crippen LogP contribution in [0.1, 0.15) is 0 Å². The Morgan fingerprint density at radius 3 is 2.75 bits per heavy atom. The van der Waals surface area contributed by atoms with Gasteiger partial charge in [0.25, 0.3) is 0 Å². The number of rotatable bonds is 1. The molecule has 0 spiro atoms. The van der Waals surface area contributed by atoms with E-state index in [2.05, 4.69) is 20.9 Å². The molecule has 2 aromatic rings. The zero-order valence-corrected chi connectivity index (χ0v) is 13.0. The molecule has 0 radical (unpaired) electrons. The van der Waals surface area contributed by atoms with Crippen LogP contribution in [-0.2, 0) is 11.1 Å². The molecule has 1 heterocycles. The summed E-state index contributed by atoms with van der Waals surface area (Å²) in [4.78, 5) is 13.1. The number of hydrogen-bond acceptors (Lipinski definition) is 4. The number of aromatic amines is 1. The summed E-state index contributed by atoms with van der Waals surface area (Å²) in [5.74, 6) is -0.687. The minimum absolute atomic E-state index is 0. The van der Waals surface area contributed by atoms with Gasteiger partial charge >= 0.3 is 35.3 Å². The Morgan fingerprint density at radius 1 is 1.56 bits per heavy atom. The predicted molar refractivity (Wildman–Crippen MR) is 56.7 cm³/mol. The van der Waals surface area contributed by atoms with Crippen molar-refractivity contribution in [1.82, 2.24) is 4.98 Å². The molecule has 1 atom stereocenters. The van der Waals surface area contributed by atoms with Crippen LogP contribution in [0.25, 0.3) is 11.1 Å². The fraction of sp³-hybridized carbons (Fsp3) is 0. The van der Waals surface area contributed by atoms with Crippen LogP contribution in [0.3, 0.4) is 0 Å². The van der Waals surface area contributed by atoms with Gasteiger partial charge in [-0.2, -0.15) is 0 Å². The van der Waals surface area contributed by atoms with E-state index in [0.29, 0.717) is 5.52 Å². The van der Waals surface area contributed by atoms with Crippen molar-refractivity contribution >= 4 is 49.7 Å². The van der Waals surface area contributed by atoms with Gasteiger partial charge < -0.3 is 8.97 Å². The molecule has 0 aliphatic carbocycles. The van der Waals surface area contributed by atoms with E-state index in [0.717, 1.165) is 0 Å². The summed E-state index contributed by atoms with van der Waals surface area (Å²) >= 11 is 6.31. The van der Waals surface area contributed by atoms with Crippen molar-refractivity contribution < 1.29 is 42.7 Å². The number of fused-ring (bicyclic) bond motifs is 1. The number of halogens is 2. The zero-order valence-electron chi connectivity index (χ0n) is 7.87. The van der Waals surface area contributed by atoms with Crippen LogP contribution in [0.2, 0.25) is 5.02 Å². The van der Waals surface area contributed by atoms with Crippen molar-refractivity contribution in [1.29, 1.82) is 0 Å². The van der Waals surface area contributed by atoms with Gasteiger partial charge in [0, 0.05) is 4.47 Å². The largest absolute Gasteiger partial charge is 1.00 e. The average molecular weight is 335 g/mol. The number of oxazole rings is 1. The van der Waals surface area contributed by atoms with Crippen molar-refractivity contribution in [2.75, 3.05) is 0 Å². The molecule has 16 heavy (non-hydrogen) atoms. The van der Waals surface area contributed by atoms with E-state index < -0.39 is 16.8 Å². The Kier molecular flexibility index (Phi) is 4.82. The van der Waals surface area contributed by atoms with Crippen molar-refractivity contribution in [3.05, 3.63) is 26.1 Å². The molecule has 0 aliphatic heterocycles.